The number of aliphatic hydroxyl groups is 4. The van der Waals surface area contributed by atoms with Gasteiger partial charge in [0.25, 0.3) is 0 Å². The Labute approximate surface area is 118 Å². The third-order valence-electron chi connectivity index (χ3n) is 5.42. The van der Waals surface area contributed by atoms with Crippen LogP contribution in [0.3, 0.4) is 0 Å². The van der Waals surface area contributed by atoms with Gasteiger partial charge in [-0.3, -0.25) is 0 Å². The number of ether oxygens (including phenoxy) is 1. The molecular weight excluding hydrogens is 260 g/mol. The second-order valence-electron chi connectivity index (χ2n) is 6.83. The highest BCUT2D eigenvalue weighted by Gasteiger charge is 2.62. The maximum absolute atomic E-state index is 11.0. The summed E-state index contributed by atoms with van der Waals surface area (Å²) in [7, 11) is 0. The zero-order valence-electron chi connectivity index (χ0n) is 12.1. The largest absolute Gasteiger partial charge is 0.461 e. The summed E-state index contributed by atoms with van der Waals surface area (Å²) in [5, 5.41) is 42.0. The molecule has 5 atom stereocenters. The van der Waals surface area contributed by atoms with Gasteiger partial charge in [-0.2, -0.15) is 0 Å². The van der Waals surface area contributed by atoms with Crippen molar-refractivity contribution >= 4 is 0 Å². The van der Waals surface area contributed by atoms with E-state index in [0.717, 1.165) is 5.57 Å². The van der Waals surface area contributed by atoms with Gasteiger partial charge in [0.1, 0.15) is 17.0 Å². The van der Waals surface area contributed by atoms with E-state index in [4.69, 9.17) is 4.74 Å². The predicted molar refractivity (Wildman–Crippen MR) is 71.4 cm³/mol. The fraction of sp³-hybridized carbons (Fsp3) is 0.733. The highest BCUT2D eigenvalue weighted by molar-refractivity contribution is 5.42. The molecule has 0 bridgehead atoms. The molecule has 0 saturated heterocycles. The van der Waals surface area contributed by atoms with Gasteiger partial charge in [-0.05, 0) is 51.7 Å². The molecule has 1 heterocycles. The predicted octanol–water partition coefficient (Wildman–Crippen LogP) is 0.582. The molecule has 1 unspecified atom stereocenters. The minimum atomic E-state index is -1.51. The first-order chi connectivity index (χ1) is 9.08. The summed E-state index contributed by atoms with van der Waals surface area (Å²) in [5.41, 5.74) is -2.50. The van der Waals surface area contributed by atoms with Crippen LogP contribution in [0.4, 0.5) is 0 Å². The molecule has 2 aliphatic carbocycles. The summed E-state index contributed by atoms with van der Waals surface area (Å²) in [5.74, 6) is -0.0868. The molecule has 3 aliphatic rings. The molecule has 0 aromatic carbocycles. The molecule has 5 heteroatoms. The lowest BCUT2D eigenvalue weighted by Crippen LogP contribution is -2.56. The van der Waals surface area contributed by atoms with E-state index in [0.29, 0.717) is 30.6 Å². The minimum absolute atomic E-state index is 0.330. The van der Waals surface area contributed by atoms with E-state index in [1.807, 2.05) is 0 Å². The Morgan fingerprint density at radius 3 is 2.50 bits per heavy atom. The zero-order valence-corrected chi connectivity index (χ0v) is 12.1. The first-order valence-corrected chi connectivity index (χ1v) is 7.03. The van der Waals surface area contributed by atoms with Crippen molar-refractivity contribution in [1.82, 2.24) is 0 Å². The third-order valence-corrected chi connectivity index (χ3v) is 5.42. The quantitative estimate of drug-likeness (QED) is 0.522. The standard InChI is InChI=1S/C15H22O5/c1-8-9-6-11-13(2,17)4-5-15(11,19)14(3,18)7-10(9)20-12(8)16/h7,11-12,16-19H,4-6H2,1-3H3/t11-,12?,13+,14+,15+/m1/s1. The molecule has 5 nitrogen and oxygen atoms in total. The molecule has 0 spiro atoms. The number of allylic oxidation sites excluding steroid dienone is 1. The fourth-order valence-corrected chi connectivity index (χ4v) is 3.89. The second-order valence-corrected chi connectivity index (χ2v) is 6.83. The summed E-state index contributed by atoms with van der Waals surface area (Å²) in [6.07, 6.45) is 1.61. The maximum atomic E-state index is 11.0. The molecule has 0 radical (unpaired) electrons. The number of hydrogen-bond acceptors (Lipinski definition) is 5. The zero-order chi connectivity index (χ0) is 14.9. The number of hydrogen-bond donors (Lipinski definition) is 4. The summed E-state index contributed by atoms with van der Waals surface area (Å²) in [6, 6.07) is 0. The first kappa shape index (κ1) is 14.1. The Morgan fingerprint density at radius 1 is 1.20 bits per heavy atom. The van der Waals surface area contributed by atoms with Gasteiger partial charge >= 0.3 is 0 Å². The van der Waals surface area contributed by atoms with Crippen LogP contribution in [0.1, 0.15) is 40.0 Å². The number of rotatable bonds is 0. The number of aliphatic hydroxyl groups excluding tert-OH is 1. The topological polar surface area (TPSA) is 90.2 Å². The Kier molecular flexibility index (Phi) is 2.71. The van der Waals surface area contributed by atoms with Crippen LogP contribution in [0.25, 0.3) is 0 Å². The molecule has 0 aromatic heterocycles. The van der Waals surface area contributed by atoms with Crippen LogP contribution in [-0.2, 0) is 4.74 Å². The Bertz CT molecular complexity index is 516. The first-order valence-electron chi connectivity index (χ1n) is 7.03. The van der Waals surface area contributed by atoms with Crippen LogP contribution in [0.15, 0.2) is 23.0 Å². The summed E-state index contributed by atoms with van der Waals surface area (Å²) in [4.78, 5) is 0. The number of fused-ring (bicyclic) bond motifs is 2. The van der Waals surface area contributed by atoms with E-state index < -0.39 is 29.0 Å². The average molecular weight is 282 g/mol. The Balaban J connectivity index is 2.16. The van der Waals surface area contributed by atoms with Crippen LogP contribution < -0.4 is 0 Å². The van der Waals surface area contributed by atoms with Crippen molar-refractivity contribution in [2.24, 2.45) is 5.92 Å². The average Bonchev–Trinajstić information content (AvgIpc) is 2.67. The Hall–Kier alpha value is -0.880. The molecule has 4 N–H and O–H groups in total. The van der Waals surface area contributed by atoms with E-state index in [-0.39, 0.29) is 0 Å². The molecule has 20 heavy (non-hydrogen) atoms. The van der Waals surface area contributed by atoms with Gasteiger partial charge in [0, 0.05) is 11.5 Å². The molecule has 1 fully saturated rings. The molecule has 3 rings (SSSR count). The maximum Gasteiger partial charge on any atom is 0.220 e. The van der Waals surface area contributed by atoms with Gasteiger partial charge in [-0.1, -0.05) is 0 Å². The summed E-state index contributed by atoms with van der Waals surface area (Å²) >= 11 is 0. The monoisotopic (exact) mass is 282 g/mol. The van der Waals surface area contributed by atoms with Crippen molar-refractivity contribution in [3.8, 4) is 0 Å². The lowest BCUT2D eigenvalue weighted by molar-refractivity contribution is -0.157. The third kappa shape index (κ3) is 1.64. The lowest BCUT2D eigenvalue weighted by atomic mass is 9.72. The SMILES string of the molecule is CC1=C2C[C@@H]3[C@@](C)(O)CC[C@@]3(O)[C@@](C)(O)C=C2OC1O. The summed E-state index contributed by atoms with van der Waals surface area (Å²) < 4.78 is 5.36. The second kappa shape index (κ2) is 3.85. The molecule has 0 amide bonds. The summed E-state index contributed by atoms with van der Waals surface area (Å²) in [6.45, 7) is 4.99. The van der Waals surface area contributed by atoms with Gasteiger partial charge in [0.2, 0.25) is 6.29 Å². The fourth-order valence-electron chi connectivity index (χ4n) is 3.89. The molecular formula is C15H22O5. The van der Waals surface area contributed by atoms with Crippen LogP contribution in [0.2, 0.25) is 0 Å². The molecule has 112 valence electrons. The molecule has 1 saturated carbocycles. The van der Waals surface area contributed by atoms with E-state index in [1.54, 1.807) is 13.8 Å². The van der Waals surface area contributed by atoms with E-state index >= 15 is 0 Å². The van der Waals surface area contributed by atoms with Crippen LogP contribution in [0.5, 0.6) is 0 Å². The van der Waals surface area contributed by atoms with Gasteiger partial charge in [-0.15, -0.1) is 0 Å². The van der Waals surface area contributed by atoms with Crippen molar-refractivity contribution in [2.75, 3.05) is 0 Å². The molecule has 1 aliphatic heterocycles. The van der Waals surface area contributed by atoms with Crippen molar-refractivity contribution < 1.29 is 25.2 Å². The van der Waals surface area contributed by atoms with E-state index in [2.05, 4.69) is 0 Å². The van der Waals surface area contributed by atoms with E-state index in [1.165, 1.54) is 13.0 Å². The van der Waals surface area contributed by atoms with Gasteiger partial charge in [0.05, 0.1) is 5.60 Å². The van der Waals surface area contributed by atoms with Crippen molar-refractivity contribution in [3.63, 3.8) is 0 Å². The Morgan fingerprint density at radius 2 is 1.85 bits per heavy atom. The highest BCUT2D eigenvalue weighted by Crippen LogP contribution is 2.55. The lowest BCUT2D eigenvalue weighted by Gasteiger charge is -2.42. The van der Waals surface area contributed by atoms with Gasteiger partial charge in [-0.25, -0.2) is 0 Å². The molecule has 0 aromatic rings. The van der Waals surface area contributed by atoms with Crippen molar-refractivity contribution in [1.29, 1.82) is 0 Å². The van der Waals surface area contributed by atoms with Gasteiger partial charge in [0.15, 0.2) is 0 Å². The van der Waals surface area contributed by atoms with Crippen molar-refractivity contribution in [2.45, 2.75) is 63.1 Å². The van der Waals surface area contributed by atoms with E-state index in [9.17, 15) is 20.4 Å². The minimum Gasteiger partial charge on any atom is -0.461 e. The highest BCUT2D eigenvalue weighted by atomic mass is 16.6. The smallest absolute Gasteiger partial charge is 0.220 e. The van der Waals surface area contributed by atoms with Crippen LogP contribution in [-0.4, -0.2) is 43.5 Å². The van der Waals surface area contributed by atoms with Crippen molar-refractivity contribution in [3.05, 3.63) is 23.0 Å². The normalized spacial score (nSPS) is 51.2. The van der Waals surface area contributed by atoms with Crippen LogP contribution >= 0.6 is 0 Å². The van der Waals surface area contributed by atoms with Crippen LogP contribution in [0, 0.1) is 5.92 Å². The van der Waals surface area contributed by atoms with Gasteiger partial charge < -0.3 is 25.2 Å².